The molecule has 4 rings (SSSR count). The Morgan fingerprint density at radius 3 is 2.21 bits per heavy atom. The van der Waals surface area contributed by atoms with Crippen molar-refractivity contribution in [2.24, 2.45) is 0 Å². The van der Waals surface area contributed by atoms with E-state index < -0.39 is 17.9 Å². The highest BCUT2D eigenvalue weighted by Crippen LogP contribution is 2.41. The number of carbonyl (C=O) groups excluding carboxylic acids is 2. The Morgan fingerprint density at radius 2 is 1.55 bits per heavy atom. The Morgan fingerprint density at radius 1 is 0.921 bits per heavy atom. The molecule has 0 spiro atoms. The third-order valence-electron chi connectivity index (χ3n) is 7.04. The average Bonchev–Trinajstić information content (AvgIpc) is 2.93. The summed E-state index contributed by atoms with van der Waals surface area (Å²) >= 11 is 6.53. The summed E-state index contributed by atoms with van der Waals surface area (Å²) in [5.74, 6) is -0.843. The van der Waals surface area contributed by atoms with Gasteiger partial charge in [-0.3, -0.25) is 4.90 Å². The van der Waals surface area contributed by atoms with E-state index >= 15 is 0 Å². The second-order valence-electron chi connectivity index (χ2n) is 9.28. The third-order valence-corrected chi connectivity index (χ3v) is 7.38. The zero-order valence-electron chi connectivity index (χ0n) is 22.3. The number of halogens is 1. The van der Waals surface area contributed by atoms with Crippen LogP contribution in [-0.2, 0) is 19.1 Å². The Balaban J connectivity index is 1.42. The van der Waals surface area contributed by atoms with Gasteiger partial charge < -0.3 is 24.4 Å². The first-order valence-corrected chi connectivity index (χ1v) is 13.0. The molecule has 0 saturated carbocycles. The van der Waals surface area contributed by atoms with E-state index in [1.165, 1.54) is 7.11 Å². The van der Waals surface area contributed by atoms with Crippen LogP contribution in [0.1, 0.15) is 25.3 Å². The van der Waals surface area contributed by atoms with Crippen LogP contribution in [0.25, 0.3) is 0 Å². The maximum Gasteiger partial charge on any atom is 0.336 e. The van der Waals surface area contributed by atoms with Crippen molar-refractivity contribution < 1.29 is 23.8 Å². The van der Waals surface area contributed by atoms with Gasteiger partial charge in [0, 0.05) is 49.1 Å². The predicted octanol–water partition coefficient (Wildman–Crippen LogP) is 4.12. The molecule has 0 radical (unpaired) electrons. The van der Waals surface area contributed by atoms with Gasteiger partial charge in [0.2, 0.25) is 0 Å². The van der Waals surface area contributed by atoms with E-state index in [0.29, 0.717) is 39.7 Å². The zero-order chi connectivity index (χ0) is 27.2. The molecule has 2 heterocycles. The summed E-state index contributed by atoms with van der Waals surface area (Å²) in [4.78, 5) is 30.8. The topological polar surface area (TPSA) is 80.3 Å². The van der Waals surface area contributed by atoms with E-state index in [0.717, 1.165) is 37.6 Å². The van der Waals surface area contributed by atoms with Crippen LogP contribution < -0.4 is 15.0 Å². The lowest BCUT2D eigenvalue weighted by molar-refractivity contribution is -0.140. The molecule has 1 atom stereocenters. The number of hydrogen-bond donors (Lipinski definition) is 1. The van der Waals surface area contributed by atoms with E-state index in [4.69, 9.17) is 25.8 Å². The van der Waals surface area contributed by atoms with Crippen LogP contribution in [0.2, 0.25) is 5.02 Å². The number of para-hydroxylation sites is 2. The Bertz CT molecular complexity index is 1250. The smallest absolute Gasteiger partial charge is 0.336 e. The molecule has 2 aromatic rings. The summed E-state index contributed by atoms with van der Waals surface area (Å²) in [6.45, 7) is 7.82. The molecule has 202 valence electrons. The molecular formula is C29H34ClN3O5. The molecule has 0 bridgehead atoms. The summed E-state index contributed by atoms with van der Waals surface area (Å²) in [6, 6.07) is 15.2. The fourth-order valence-electron chi connectivity index (χ4n) is 5.11. The number of rotatable bonds is 8. The number of carbonyl (C=O) groups is 2. The number of hydrogen-bond acceptors (Lipinski definition) is 8. The normalized spacial score (nSPS) is 18.2. The Labute approximate surface area is 228 Å². The van der Waals surface area contributed by atoms with Crippen molar-refractivity contribution in [1.29, 1.82) is 0 Å². The molecule has 1 unspecified atom stereocenters. The average molecular weight is 540 g/mol. The van der Waals surface area contributed by atoms with Gasteiger partial charge in [-0.25, -0.2) is 9.59 Å². The van der Waals surface area contributed by atoms with Crippen LogP contribution in [0.3, 0.4) is 0 Å². The van der Waals surface area contributed by atoms with Gasteiger partial charge in [-0.2, -0.15) is 0 Å². The molecule has 1 N–H and O–H groups in total. The molecule has 8 nitrogen and oxygen atoms in total. The second-order valence-corrected chi connectivity index (χ2v) is 9.69. The van der Waals surface area contributed by atoms with Gasteiger partial charge in [0.1, 0.15) is 12.4 Å². The van der Waals surface area contributed by atoms with Crippen molar-refractivity contribution in [3.05, 3.63) is 81.7 Å². The van der Waals surface area contributed by atoms with E-state index in [1.807, 2.05) is 36.4 Å². The largest absolute Gasteiger partial charge is 0.495 e. The van der Waals surface area contributed by atoms with Gasteiger partial charge >= 0.3 is 11.9 Å². The number of allylic oxidation sites excluding steroid dienone is 2. The van der Waals surface area contributed by atoms with E-state index in [9.17, 15) is 9.59 Å². The lowest BCUT2D eigenvalue weighted by atomic mass is 9.80. The third kappa shape index (κ3) is 5.81. The van der Waals surface area contributed by atoms with Gasteiger partial charge in [-0.15, -0.1) is 0 Å². The van der Waals surface area contributed by atoms with Crippen molar-refractivity contribution in [3.63, 3.8) is 0 Å². The molecule has 2 aliphatic rings. The van der Waals surface area contributed by atoms with Crippen molar-refractivity contribution in [3.8, 4) is 5.75 Å². The quantitative estimate of drug-likeness (QED) is 0.502. The summed E-state index contributed by atoms with van der Waals surface area (Å²) in [5.41, 5.74) is 3.66. The number of dihydropyridines is 1. The molecule has 2 aliphatic heterocycles. The Kier molecular flexibility index (Phi) is 8.97. The highest BCUT2D eigenvalue weighted by molar-refractivity contribution is 6.31. The number of piperazine rings is 1. The minimum Gasteiger partial charge on any atom is -0.495 e. The van der Waals surface area contributed by atoms with Gasteiger partial charge in [0.15, 0.2) is 0 Å². The molecule has 1 saturated heterocycles. The SMILES string of the molecule is COC(=O)C1=C(C)NC(C)=C(C(=O)OCCN2CCN(c3ccccc3OC)CC2)C1c1ccccc1Cl. The first-order valence-electron chi connectivity index (χ1n) is 12.6. The summed E-state index contributed by atoms with van der Waals surface area (Å²) < 4.78 is 16.3. The van der Waals surface area contributed by atoms with Crippen LogP contribution in [0.15, 0.2) is 71.1 Å². The first-order chi connectivity index (χ1) is 18.3. The van der Waals surface area contributed by atoms with Gasteiger partial charge in [0.25, 0.3) is 0 Å². The lowest BCUT2D eigenvalue weighted by Crippen LogP contribution is -2.47. The number of methoxy groups -OCH3 is 2. The summed E-state index contributed by atoms with van der Waals surface area (Å²) in [7, 11) is 3.01. The fourth-order valence-corrected chi connectivity index (χ4v) is 5.36. The highest BCUT2D eigenvalue weighted by atomic mass is 35.5. The molecule has 2 aromatic carbocycles. The van der Waals surface area contributed by atoms with Gasteiger partial charge in [0.05, 0.1) is 37.0 Å². The van der Waals surface area contributed by atoms with Crippen LogP contribution in [0, 0.1) is 0 Å². The number of benzene rings is 2. The summed E-state index contributed by atoms with van der Waals surface area (Å²) in [5, 5.41) is 3.61. The van der Waals surface area contributed by atoms with Gasteiger partial charge in [-0.05, 0) is 37.6 Å². The van der Waals surface area contributed by atoms with Crippen molar-refractivity contribution >= 4 is 29.2 Å². The Hall–Kier alpha value is -3.49. The second kappa shape index (κ2) is 12.4. The van der Waals surface area contributed by atoms with E-state index in [1.54, 1.807) is 27.0 Å². The van der Waals surface area contributed by atoms with Crippen molar-refractivity contribution in [2.75, 3.05) is 58.5 Å². The van der Waals surface area contributed by atoms with Crippen LogP contribution in [0.4, 0.5) is 5.69 Å². The molecule has 38 heavy (non-hydrogen) atoms. The predicted molar refractivity (Wildman–Crippen MR) is 147 cm³/mol. The van der Waals surface area contributed by atoms with Gasteiger partial charge in [-0.1, -0.05) is 41.9 Å². The maximum absolute atomic E-state index is 13.4. The number of nitrogens with one attached hydrogen (secondary N) is 1. The molecule has 9 heteroatoms. The fraction of sp³-hybridized carbons (Fsp3) is 0.379. The molecule has 0 amide bonds. The zero-order valence-corrected chi connectivity index (χ0v) is 23.0. The molecule has 0 aromatic heterocycles. The molecule has 0 aliphatic carbocycles. The maximum atomic E-state index is 13.4. The summed E-state index contributed by atoms with van der Waals surface area (Å²) in [6.07, 6.45) is 0. The molecule has 1 fully saturated rings. The van der Waals surface area contributed by atoms with Crippen LogP contribution >= 0.6 is 11.6 Å². The number of nitrogens with zero attached hydrogens (tertiary/aromatic N) is 2. The number of esters is 2. The van der Waals surface area contributed by atoms with Crippen LogP contribution in [0.5, 0.6) is 5.75 Å². The highest BCUT2D eigenvalue weighted by Gasteiger charge is 2.38. The minimum atomic E-state index is -0.700. The van der Waals surface area contributed by atoms with E-state index in [2.05, 4.69) is 21.2 Å². The molecular weight excluding hydrogens is 506 g/mol. The van der Waals surface area contributed by atoms with Crippen molar-refractivity contribution in [2.45, 2.75) is 19.8 Å². The minimum absolute atomic E-state index is 0.232. The standard InChI is InChI=1S/C29H34ClN3O5/c1-19-25(28(34)37-4)27(21-9-5-6-10-22(21)30)26(20(2)31-19)29(35)38-18-17-32-13-15-33(16-14-32)23-11-7-8-12-24(23)36-3/h5-12,27,31H,13-18H2,1-4H3. The number of ether oxygens (including phenoxy) is 3. The van der Waals surface area contributed by atoms with E-state index in [-0.39, 0.29) is 6.61 Å². The monoisotopic (exact) mass is 539 g/mol. The lowest BCUT2D eigenvalue weighted by Gasteiger charge is -2.36. The first kappa shape index (κ1) is 27.5. The van der Waals surface area contributed by atoms with Crippen molar-refractivity contribution in [1.82, 2.24) is 10.2 Å². The van der Waals surface area contributed by atoms with Crippen LogP contribution in [-0.4, -0.2) is 70.4 Å². The number of anilines is 1.